The van der Waals surface area contributed by atoms with Crippen LogP contribution in [0.2, 0.25) is 37.8 Å². The van der Waals surface area contributed by atoms with Gasteiger partial charge in [0.05, 0.1) is 49.8 Å². The number of methoxy groups -OCH3 is 1. The summed E-state index contributed by atoms with van der Waals surface area (Å²) in [4.78, 5) is 27.6. The van der Waals surface area contributed by atoms with E-state index in [1.807, 2.05) is 6.92 Å². The van der Waals surface area contributed by atoms with Gasteiger partial charge in [-0.05, 0) is 101 Å². The normalized spacial score (nSPS) is 40.4. The number of carbonyl (C=O) groups excluding carboxylic acids is 2. The van der Waals surface area contributed by atoms with Crippen molar-refractivity contribution in [3.05, 3.63) is 59.3 Å². The summed E-state index contributed by atoms with van der Waals surface area (Å²) in [5, 5.41) is -0.0701. The van der Waals surface area contributed by atoms with Crippen molar-refractivity contribution >= 4 is 28.6 Å². The maximum Gasteiger partial charge on any atom is 0.332 e. The highest BCUT2D eigenvalue weighted by Crippen LogP contribution is 2.52. The molecule has 13 nitrogen and oxygen atoms in total. The minimum absolute atomic E-state index is 0.0701. The molecule has 3 saturated heterocycles. The van der Waals surface area contributed by atoms with Crippen LogP contribution in [0, 0.1) is 23.7 Å². The van der Waals surface area contributed by atoms with E-state index in [0.29, 0.717) is 25.7 Å². The molecule has 0 unspecified atom stereocenters. The Morgan fingerprint density at radius 1 is 0.957 bits per heavy atom. The predicted octanol–water partition coefficient (Wildman–Crippen LogP) is 10.3. The second-order valence-corrected chi connectivity index (χ2v) is 32.4. The summed E-state index contributed by atoms with van der Waals surface area (Å²) in [6.07, 6.45) is 13.2. The first-order valence-corrected chi connectivity index (χ1v) is 32.2. The molecule has 0 aromatic carbocycles. The van der Waals surface area contributed by atoms with Gasteiger partial charge in [-0.15, -0.1) is 0 Å². The summed E-state index contributed by atoms with van der Waals surface area (Å²) in [6.45, 7) is 34.6. The summed E-state index contributed by atoms with van der Waals surface area (Å²) in [6, 6.07) is 0. The maximum absolute atomic E-state index is 15.4. The molecule has 16 atom stereocenters. The van der Waals surface area contributed by atoms with E-state index in [4.69, 9.17) is 51.5 Å². The van der Waals surface area contributed by atoms with E-state index in [-0.39, 0.29) is 66.9 Å². The van der Waals surface area contributed by atoms with Crippen molar-refractivity contribution in [1.82, 2.24) is 0 Å². The number of fused-ring (bicyclic) bond motifs is 2. The highest BCUT2D eigenvalue weighted by atomic mass is 28.4. The van der Waals surface area contributed by atoms with Gasteiger partial charge >= 0.3 is 11.9 Å². The standard InChI is InChI=1S/C54H88O13Si2/c1-18-33(3)47-36(6)25-26-53(65-47)30-41-28-40(64-53)24-23-35(5)46(63-45-29-43(57-12)49(38(8)61-45)59-32-44(55)58-19-2)34(4)21-20-22-39-31-60-50-48(66-69(16,17)52(9,10)11)37(7)27-42(51(56)62-41)54(39,50)67-68(13,14)15/h20-23,25-27,33-34,36,38,40-43,45-50H,18-19,24,28-32H2,1-17H3/b21-20+,35-23+,39-22+/t33-,34-,36-,38-,40+,41-,42-,43-,45-,46-,47+,48+,49-,50+,53+,54+/m0/s1. The molecule has 0 saturated carbocycles. The smallest absolute Gasteiger partial charge is 0.332 e. The van der Waals surface area contributed by atoms with Crippen molar-refractivity contribution in [2.75, 3.05) is 26.9 Å². The van der Waals surface area contributed by atoms with Crippen LogP contribution < -0.4 is 0 Å². The molecule has 3 fully saturated rings. The number of ether oxygens (including phenoxy) is 9. The van der Waals surface area contributed by atoms with E-state index in [0.717, 1.165) is 23.1 Å². The van der Waals surface area contributed by atoms with Crippen molar-refractivity contribution in [2.45, 2.75) is 219 Å². The van der Waals surface area contributed by atoms with E-state index in [1.165, 1.54) is 0 Å². The molecule has 2 bridgehead atoms. The van der Waals surface area contributed by atoms with Gasteiger partial charge in [0.2, 0.25) is 0 Å². The van der Waals surface area contributed by atoms with Gasteiger partial charge in [0.1, 0.15) is 36.4 Å². The molecule has 0 aromatic rings. The number of rotatable bonds is 13. The molecule has 1 aliphatic carbocycles. The summed E-state index contributed by atoms with van der Waals surface area (Å²) < 4.78 is 73.2. The van der Waals surface area contributed by atoms with Gasteiger partial charge < -0.3 is 51.5 Å². The highest BCUT2D eigenvalue weighted by Gasteiger charge is 2.64. The number of allylic oxidation sites excluding steroid dienone is 2. The van der Waals surface area contributed by atoms with Crippen molar-refractivity contribution in [3.8, 4) is 0 Å². The lowest BCUT2D eigenvalue weighted by atomic mass is 9.71. The SMILES string of the molecule is CCOC(=O)CO[C@H]1[C@H](C)O[C@@H](O[C@@H]2/C(C)=C/C[C@@H]3C[C@@H](C[C@]4(C=C[C@H](C)[C@@H]([C@@H](C)CC)O4)O3)OC(=O)[C@@H]3C=C(C)[C@@H](O[Si](C)(C)C(C)(C)C)[C@H]4OC/C(=C\C=C\[C@@H]2C)[C@]43O[Si](C)(C)C)C[C@@H]1OC. The van der Waals surface area contributed by atoms with Gasteiger partial charge in [0.25, 0.3) is 0 Å². The minimum atomic E-state index is -2.44. The van der Waals surface area contributed by atoms with Gasteiger partial charge in [-0.1, -0.05) is 91.3 Å². The van der Waals surface area contributed by atoms with Crippen LogP contribution in [0.5, 0.6) is 0 Å². The fraction of sp³-hybridized carbons (Fsp3) is 0.778. The predicted molar refractivity (Wildman–Crippen MR) is 271 cm³/mol. The Morgan fingerprint density at radius 3 is 2.33 bits per heavy atom. The van der Waals surface area contributed by atoms with E-state index in [2.05, 4.69) is 138 Å². The molecule has 5 aliphatic heterocycles. The average molecular weight is 1000 g/mol. The number of carbonyl (C=O) groups is 2. The lowest BCUT2D eigenvalue weighted by molar-refractivity contribution is -0.300. The van der Waals surface area contributed by atoms with Gasteiger partial charge in [-0.2, -0.15) is 0 Å². The molecular formula is C54H88O13Si2. The van der Waals surface area contributed by atoms with Crippen LogP contribution in [0.15, 0.2) is 59.3 Å². The largest absolute Gasteiger partial charge is 0.464 e. The average Bonchev–Trinajstić information content (AvgIpc) is 3.61. The zero-order valence-corrected chi connectivity index (χ0v) is 47.1. The number of hydrogen-bond donors (Lipinski definition) is 0. The molecule has 0 aromatic heterocycles. The highest BCUT2D eigenvalue weighted by molar-refractivity contribution is 6.74. The van der Waals surface area contributed by atoms with Crippen molar-refractivity contribution < 1.29 is 61.1 Å². The lowest BCUT2D eigenvalue weighted by Gasteiger charge is -2.51. The Balaban J connectivity index is 1.44. The first-order valence-electron chi connectivity index (χ1n) is 25.9. The van der Waals surface area contributed by atoms with Crippen LogP contribution in [-0.4, -0.2) is 128 Å². The molecule has 390 valence electrons. The van der Waals surface area contributed by atoms with E-state index >= 15 is 4.79 Å². The first kappa shape index (κ1) is 56.0. The number of esters is 2. The third kappa shape index (κ3) is 12.7. The third-order valence-corrected chi connectivity index (χ3v) is 21.0. The fourth-order valence-electron chi connectivity index (χ4n) is 10.8. The van der Waals surface area contributed by atoms with Crippen molar-refractivity contribution in [2.24, 2.45) is 23.7 Å². The molecule has 6 aliphatic rings. The Kier molecular flexibility index (Phi) is 18.2. The molecule has 1 spiro atoms. The summed E-state index contributed by atoms with van der Waals surface area (Å²) >= 11 is 0. The van der Waals surface area contributed by atoms with Gasteiger partial charge in [-0.25, -0.2) is 4.79 Å². The molecule has 0 radical (unpaired) electrons. The maximum atomic E-state index is 15.4. The van der Waals surface area contributed by atoms with E-state index in [9.17, 15) is 4.79 Å². The quantitative estimate of drug-likeness (QED) is 0.0985. The van der Waals surface area contributed by atoms with Crippen LogP contribution >= 0.6 is 0 Å². The Morgan fingerprint density at radius 2 is 1.68 bits per heavy atom. The molecule has 6 rings (SSSR count). The van der Waals surface area contributed by atoms with Gasteiger partial charge in [0, 0.05) is 38.2 Å². The van der Waals surface area contributed by atoms with Crippen LogP contribution in [0.25, 0.3) is 0 Å². The van der Waals surface area contributed by atoms with E-state index in [1.54, 1.807) is 14.0 Å². The fourth-order valence-corrected chi connectivity index (χ4v) is 13.5. The van der Waals surface area contributed by atoms with E-state index < -0.39 is 82.8 Å². The summed E-state index contributed by atoms with van der Waals surface area (Å²) in [7, 11) is -3.16. The molecule has 15 heteroatoms. The molecule has 69 heavy (non-hydrogen) atoms. The molecule has 0 amide bonds. The monoisotopic (exact) mass is 1000 g/mol. The minimum Gasteiger partial charge on any atom is -0.464 e. The molecule has 0 N–H and O–H groups in total. The summed E-state index contributed by atoms with van der Waals surface area (Å²) in [5.41, 5.74) is 1.62. The number of hydrogen-bond acceptors (Lipinski definition) is 13. The van der Waals surface area contributed by atoms with Crippen LogP contribution in [0.1, 0.15) is 108 Å². The lowest BCUT2D eigenvalue weighted by Crippen LogP contribution is -2.64. The second kappa shape index (κ2) is 22.5. The first-order chi connectivity index (χ1) is 32.3. The zero-order valence-electron chi connectivity index (χ0n) is 45.1. The molecular weight excluding hydrogens is 913 g/mol. The van der Waals surface area contributed by atoms with Crippen molar-refractivity contribution in [3.63, 3.8) is 0 Å². The summed E-state index contributed by atoms with van der Waals surface area (Å²) in [5.74, 6) is -2.34. The third-order valence-electron chi connectivity index (χ3n) is 15.6. The Labute approximate surface area is 416 Å². The van der Waals surface area contributed by atoms with Crippen molar-refractivity contribution in [1.29, 1.82) is 0 Å². The van der Waals surface area contributed by atoms with Crippen LogP contribution in [0.3, 0.4) is 0 Å². The zero-order chi connectivity index (χ0) is 50.9. The Hall–Kier alpha value is -2.29. The Bertz CT molecular complexity index is 1950. The van der Waals surface area contributed by atoms with Crippen LogP contribution in [-0.2, 0) is 61.1 Å². The van der Waals surface area contributed by atoms with Crippen LogP contribution in [0.4, 0.5) is 0 Å². The van der Waals surface area contributed by atoms with Gasteiger partial charge in [0.15, 0.2) is 28.7 Å². The topological polar surface area (TPSA) is 136 Å². The van der Waals surface area contributed by atoms with Gasteiger partial charge in [-0.3, -0.25) is 4.79 Å². The second-order valence-electron chi connectivity index (χ2n) is 23.2. The molecule has 5 heterocycles.